The van der Waals surface area contributed by atoms with Gasteiger partial charge in [0.15, 0.2) is 0 Å². The maximum atomic E-state index is 3.77. The molecule has 2 unspecified atom stereocenters. The Labute approximate surface area is 114 Å². The standard InChI is InChI=1S/C17H33N/c1-2-13-18-17-10-6-5-9-16(14-17)12-11-15-7-3-4-8-15/h15-18H,2-14H2,1H3. The third kappa shape index (κ3) is 4.91. The van der Waals surface area contributed by atoms with E-state index in [-0.39, 0.29) is 0 Å². The molecule has 0 amide bonds. The minimum atomic E-state index is 0.834. The molecule has 2 fully saturated rings. The third-order valence-corrected chi connectivity index (χ3v) is 5.17. The smallest absolute Gasteiger partial charge is 0.00696 e. The van der Waals surface area contributed by atoms with Crippen LogP contribution in [0.4, 0.5) is 0 Å². The zero-order valence-electron chi connectivity index (χ0n) is 12.4. The Morgan fingerprint density at radius 1 is 0.833 bits per heavy atom. The lowest BCUT2D eigenvalue weighted by atomic mass is 9.89. The first-order valence-electron chi connectivity index (χ1n) is 8.62. The summed E-state index contributed by atoms with van der Waals surface area (Å²) in [6, 6.07) is 0.834. The van der Waals surface area contributed by atoms with E-state index in [0.29, 0.717) is 0 Å². The molecule has 1 nitrogen and oxygen atoms in total. The van der Waals surface area contributed by atoms with Crippen LogP contribution in [0.15, 0.2) is 0 Å². The molecule has 2 saturated carbocycles. The molecule has 1 N–H and O–H groups in total. The Balaban J connectivity index is 1.68. The fourth-order valence-electron chi connectivity index (χ4n) is 4.03. The van der Waals surface area contributed by atoms with Crippen molar-refractivity contribution in [2.24, 2.45) is 11.8 Å². The minimum absolute atomic E-state index is 0.834. The Kier molecular flexibility index (Phi) is 6.54. The van der Waals surface area contributed by atoms with Gasteiger partial charge in [-0.15, -0.1) is 0 Å². The van der Waals surface area contributed by atoms with Crippen molar-refractivity contribution in [3.05, 3.63) is 0 Å². The van der Waals surface area contributed by atoms with Gasteiger partial charge in [-0.3, -0.25) is 0 Å². The summed E-state index contributed by atoms with van der Waals surface area (Å²) < 4.78 is 0. The zero-order chi connectivity index (χ0) is 12.6. The van der Waals surface area contributed by atoms with E-state index in [4.69, 9.17) is 0 Å². The molecule has 0 spiro atoms. The fourth-order valence-corrected chi connectivity index (χ4v) is 4.03. The first kappa shape index (κ1) is 14.4. The molecule has 2 atom stereocenters. The molecule has 0 saturated heterocycles. The molecule has 2 rings (SSSR count). The van der Waals surface area contributed by atoms with Crippen molar-refractivity contribution in [1.29, 1.82) is 0 Å². The monoisotopic (exact) mass is 251 g/mol. The van der Waals surface area contributed by atoms with E-state index in [2.05, 4.69) is 12.2 Å². The van der Waals surface area contributed by atoms with E-state index in [1.807, 2.05) is 0 Å². The molecular formula is C17H33N. The lowest BCUT2D eigenvalue weighted by Crippen LogP contribution is -2.30. The lowest BCUT2D eigenvalue weighted by molar-refractivity contribution is 0.334. The third-order valence-electron chi connectivity index (χ3n) is 5.17. The van der Waals surface area contributed by atoms with Crippen molar-refractivity contribution >= 4 is 0 Å². The second-order valence-corrected chi connectivity index (χ2v) is 6.77. The summed E-state index contributed by atoms with van der Waals surface area (Å²) in [7, 11) is 0. The van der Waals surface area contributed by atoms with Crippen LogP contribution in [0.3, 0.4) is 0 Å². The first-order valence-corrected chi connectivity index (χ1v) is 8.62. The van der Waals surface area contributed by atoms with Crippen LogP contribution in [-0.2, 0) is 0 Å². The lowest BCUT2D eigenvalue weighted by Gasteiger charge is -2.22. The SMILES string of the molecule is CCCNC1CCCCC(CCC2CCCC2)C1. The Bertz CT molecular complexity index is 208. The molecule has 0 aliphatic heterocycles. The minimum Gasteiger partial charge on any atom is -0.314 e. The summed E-state index contributed by atoms with van der Waals surface area (Å²) in [5.41, 5.74) is 0. The Morgan fingerprint density at radius 3 is 2.17 bits per heavy atom. The second kappa shape index (κ2) is 8.19. The molecule has 0 aromatic rings. The molecule has 18 heavy (non-hydrogen) atoms. The van der Waals surface area contributed by atoms with Crippen LogP contribution in [0, 0.1) is 11.8 Å². The van der Waals surface area contributed by atoms with Crippen LogP contribution in [0.1, 0.15) is 84.0 Å². The van der Waals surface area contributed by atoms with Gasteiger partial charge in [0.25, 0.3) is 0 Å². The van der Waals surface area contributed by atoms with Crippen molar-refractivity contribution in [3.63, 3.8) is 0 Å². The second-order valence-electron chi connectivity index (χ2n) is 6.77. The number of rotatable bonds is 6. The Hall–Kier alpha value is -0.0400. The van der Waals surface area contributed by atoms with Crippen LogP contribution in [-0.4, -0.2) is 12.6 Å². The highest BCUT2D eigenvalue weighted by Gasteiger charge is 2.22. The summed E-state index contributed by atoms with van der Waals surface area (Å²) in [4.78, 5) is 0. The molecule has 0 aromatic carbocycles. The van der Waals surface area contributed by atoms with Crippen molar-refractivity contribution < 1.29 is 0 Å². The van der Waals surface area contributed by atoms with E-state index in [9.17, 15) is 0 Å². The van der Waals surface area contributed by atoms with Crippen LogP contribution in [0.2, 0.25) is 0 Å². The molecule has 0 bridgehead atoms. The fraction of sp³-hybridized carbons (Fsp3) is 1.00. The number of nitrogens with one attached hydrogen (secondary N) is 1. The molecule has 0 radical (unpaired) electrons. The van der Waals surface area contributed by atoms with E-state index in [1.54, 1.807) is 0 Å². The van der Waals surface area contributed by atoms with Crippen LogP contribution in [0.25, 0.3) is 0 Å². The van der Waals surface area contributed by atoms with Gasteiger partial charge in [0.05, 0.1) is 0 Å². The van der Waals surface area contributed by atoms with Gasteiger partial charge < -0.3 is 5.32 Å². The topological polar surface area (TPSA) is 12.0 Å². The normalized spacial score (nSPS) is 30.5. The zero-order valence-corrected chi connectivity index (χ0v) is 12.4. The summed E-state index contributed by atoms with van der Waals surface area (Å²) in [6.45, 7) is 3.50. The van der Waals surface area contributed by atoms with Crippen molar-refractivity contribution in [2.75, 3.05) is 6.54 Å². The predicted molar refractivity (Wildman–Crippen MR) is 79.8 cm³/mol. The summed E-state index contributed by atoms with van der Waals surface area (Å²) >= 11 is 0. The van der Waals surface area contributed by atoms with Crippen LogP contribution in [0.5, 0.6) is 0 Å². The van der Waals surface area contributed by atoms with Crippen molar-refractivity contribution in [3.8, 4) is 0 Å². The average Bonchev–Trinajstić information content (AvgIpc) is 2.80. The van der Waals surface area contributed by atoms with Crippen LogP contribution < -0.4 is 5.32 Å². The van der Waals surface area contributed by atoms with Crippen molar-refractivity contribution in [1.82, 2.24) is 5.32 Å². The van der Waals surface area contributed by atoms with E-state index >= 15 is 0 Å². The molecule has 0 heterocycles. The van der Waals surface area contributed by atoms with Gasteiger partial charge in [-0.2, -0.15) is 0 Å². The van der Waals surface area contributed by atoms with E-state index < -0.39 is 0 Å². The highest BCUT2D eigenvalue weighted by Crippen LogP contribution is 2.33. The predicted octanol–water partition coefficient (Wildman–Crippen LogP) is 4.91. The molecule has 1 heteroatoms. The highest BCUT2D eigenvalue weighted by molar-refractivity contribution is 4.77. The quantitative estimate of drug-likeness (QED) is 0.662. The molecular weight excluding hydrogens is 218 g/mol. The molecule has 2 aliphatic carbocycles. The highest BCUT2D eigenvalue weighted by atomic mass is 14.9. The first-order chi connectivity index (χ1) is 8.88. The molecule has 106 valence electrons. The summed E-state index contributed by atoms with van der Waals surface area (Å²) in [5.74, 6) is 2.12. The molecule has 0 aromatic heterocycles. The number of hydrogen-bond acceptors (Lipinski definition) is 1. The average molecular weight is 251 g/mol. The van der Waals surface area contributed by atoms with Gasteiger partial charge in [0.2, 0.25) is 0 Å². The van der Waals surface area contributed by atoms with Gasteiger partial charge >= 0.3 is 0 Å². The molecule has 2 aliphatic rings. The largest absolute Gasteiger partial charge is 0.314 e. The van der Waals surface area contributed by atoms with E-state index in [0.717, 1.165) is 17.9 Å². The van der Waals surface area contributed by atoms with Crippen LogP contribution >= 0.6 is 0 Å². The maximum absolute atomic E-state index is 3.77. The van der Waals surface area contributed by atoms with E-state index in [1.165, 1.54) is 83.6 Å². The Morgan fingerprint density at radius 2 is 1.44 bits per heavy atom. The number of hydrogen-bond donors (Lipinski definition) is 1. The summed E-state index contributed by atoms with van der Waals surface area (Å²) in [6.07, 6.45) is 17.8. The summed E-state index contributed by atoms with van der Waals surface area (Å²) in [5, 5.41) is 3.77. The van der Waals surface area contributed by atoms with Gasteiger partial charge in [-0.25, -0.2) is 0 Å². The van der Waals surface area contributed by atoms with Gasteiger partial charge in [0.1, 0.15) is 0 Å². The van der Waals surface area contributed by atoms with Crippen molar-refractivity contribution in [2.45, 2.75) is 90.0 Å². The van der Waals surface area contributed by atoms with Gasteiger partial charge in [-0.1, -0.05) is 64.7 Å². The van der Waals surface area contributed by atoms with Gasteiger partial charge in [-0.05, 0) is 37.6 Å². The maximum Gasteiger partial charge on any atom is 0.00696 e. The van der Waals surface area contributed by atoms with Gasteiger partial charge in [0, 0.05) is 6.04 Å².